The lowest BCUT2D eigenvalue weighted by molar-refractivity contribution is -0.967. The van der Waals surface area contributed by atoms with Gasteiger partial charge in [-0.15, -0.1) is 22.7 Å². The first-order chi connectivity index (χ1) is 12.4. The largest absolute Gasteiger partial charge is 0.459 e. The first kappa shape index (κ1) is 16.9. The highest BCUT2D eigenvalue weighted by Gasteiger charge is 2.72. The van der Waals surface area contributed by atoms with Gasteiger partial charge in [0.1, 0.15) is 30.4 Å². The molecule has 5 unspecified atom stereocenters. The predicted octanol–water partition coefficient (Wildman–Crippen LogP) is 1.59. The van der Waals surface area contributed by atoms with Gasteiger partial charge in [0.25, 0.3) is 0 Å². The fourth-order valence-corrected chi connectivity index (χ4v) is 6.33. The van der Waals surface area contributed by atoms with Crippen LogP contribution in [0.25, 0.3) is 0 Å². The smallest absolute Gasteiger partial charge is 0.349 e. The summed E-state index contributed by atoms with van der Waals surface area (Å²) in [5.74, 6) is 5.85. The number of epoxide rings is 1. The van der Waals surface area contributed by atoms with Crippen molar-refractivity contribution in [3.63, 3.8) is 0 Å². The second-order valence-corrected chi connectivity index (χ2v) is 9.48. The van der Waals surface area contributed by atoms with Gasteiger partial charge in [-0.2, -0.15) is 5.84 Å². The number of likely N-dealkylation sites (N-methyl/N-ethyl adjacent to an activating group) is 1. The summed E-state index contributed by atoms with van der Waals surface area (Å²) >= 11 is 2.70. The van der Waals surface area contributed by atoms with Crippen molar-refractivity contribution in [2.45, 2.75) is 48.8 Å². The molecule has 3 N–H and O–H groups in total. The highest BCUT2D eigenvalue weighted by molar-refractivity contribution is 7.12. The maximum atomic E-state index is 13.1. The van der Waals surface area contributed by atoms with Crippen molar-refractivity contribution in [2.24, 2.45) is 5.84 Å². The molecule has 8 heteroatoms. The normalized spacial score (nSPS) is 38.0. The number of quaternary nitrogens is 1. The van der Waals surface area contributed by atoms with Gasteiger partial charge in [-0.05, 0) is 22.9 Å². The van der Waals surface area contributed by atoms with Crippen LogP contribution in [0.15, 0.2) is 35.0 Å². The second-order valence-electron chi connectivity index (χ2n) is 7.59. The van der Waals surface area contributed by atoms with E-state index < -0.39 is 11.6 Å². The average Bonchev–Trinajstić information content (AvgIpc) is 2.98. The zero-order chi connectivity index (χ0) is 18.1. The van der Waals surface area contributed by atoms with E-state index in [1.807, 2.05) is 29.9 Å². The SMILES string of the molecule is C[N+]1(N)C2CC(OC(=O)C(O)(c3cccs3)c3cccs3)CC1[C@H]1OC21. The number of nitrogens with zero attached hydrogens (tertiary/aromatic N) is 1. The summed E-state index contributed by atoms with van der Waals surface area (Å²) in [7, 11) is 2.02. The topological polar surface area (TPSA) is 85.1 Å². The van der Waals surface area contributed by atoms with Crippen LogP contribution in [0, 0.1) is 0 Å². The van der Waals surface area contributed by atoms with E-state index >= 15 is 0 Å². The van der Waals surface area contributed by atoms with Crippen LogP contribution < -0.4 is 5.84 Å². The third kappa shape index (κ3) is 2.27. The zero-order valence-corrected chi connectivity index (χ0v) is 15.9. The molecule has 2 aromatic rings. The number of esters is 1. The molecule has 3 aliphatic rings. The number of hydrogen-bond acceptors (Lipinski definition) is 7. The number of nitrogens with two attached hydrogens (primary N) is 1. The molecule has 0 saturated carbocycles. The van der Waals surface area contributed by atoms with Gasteiger partial charge in [-0.3, -0.25) is 0 Å². The molecule has 3 aliphatic heterocycles. The van der Waals surface area contributed by atoms with Crippen LogP contribution in [-0.2, 0) is 19.9 Å². The number of thiophene rings is 2. The molecule has 5 heterocycles. The number of rotatable bonds is 4. The molecule has 0 aliphatic carbocycles. The monoisotopic (exact) mass is 393 g/mol. The average molecular weight is 394 g/mol. The summed E-state index contributed by atoms with van der Waals surface area (Å²) in [6, 6.07) is 7.49. The molecular formula is C18H21N2O4S2+. The van der Waals surface area contributed by atoms with Crippen molar-refractivity contribution in [1.29, 1.82) is 0 Å². The van der Waals surface area contributed by atoms with Gasteiger partial charge < -0.3 is 14.6 Å². The van der Waals surface area contributed by atoms with Crippen LogP contribution in [0.1, 0.15) is 22.6 Å². The van der Waals surface area contributed by atoms with Crippen LogP contribution in [0.3, 0.4) is 0 Å². The second kappa shape index (κ2) is 5.60. The Kier molecular flexibility index (Phi) is 3.63. The minimum Gasteiger partial charge on any atom is -0.459 e. The van der Waals surface area contributed by atoms with E-state index in [0.29, 0.717) is 27.2 Å². The molecule has 3 fully saturated rings. The molecule has 2 bridgehead atoms. The van der Waals surface area contributed by atoms with E-state index in [1.165, 1.54) is 22.7 Å². The lowest BCUT2D eigenvalue weighted by Gasteiger charge is -2.44. The Morgan fingerprint density at radius 2 is 1.77 bits per heavy atom. The van der Waals surface area contributed by atoms with E-state index in [-0.39, 0.29) is 30.4 Å². The highest BCUT2D eigenvalue weighted by Crippen LogP contribution is 2.51. The standard InChI is InChI=1S/C18H21N2O4S2/c1-20(19)11-8-10(9-12(20)16-15(11)24-16)23-17(21)18(22,13-4-2-6-25-13)14-5-3-7-26-14/h2-7,10-12,15-16,22H,8-9,19H2,1H3/q+1/t10?,11?,12?,15-,16?,20?/m1/s1. The Balaban J connectivity index is 1.40. The fourth-order valence-electron chi connectivity index (χ4n) is 4.62. The number of carbonyl (C=O) groups is 1. The molecule has 2 aromatic heterocycles. The van der Waals surface area contributed by atoms with E-state index in [4.69, 9.17) is 15.3 Å². The third-order valence-electron chi connectivity index (χ3n) is 6.08. The third-order valence-corrected chi connectivity index (χ3v) is 8.04. The van der Waals surface area contributed by atoms with Crippen molar-refractivity contribution in [2.75, 3.05) is 7.05 Å². The fraction of sp³-hybridized carbons (Fsp3) is 0.500. The van der Waals surface area contributed by atoms with Crippen LogP contribution in [0.5, 0.6) is 0 Å². The molecule has 26 heavy (non-hydrogen) atoms. The van der Waals surface area contributed by atoms with Crippen LogP contribution >= 0.6 is 22.7 Å². The Bertz CT molecular complexity index is 766. The number of aliphatic hydroxyl groups is 1. The summed E-state index contributed by atoms with van der Waals surface area (Å²) in [6.45, 7) is 0. The number of fused-ring (bicyclic) bond motifs is 5. The Morgan fingerprint density at radius 1 is 1.23 bits per heavy atom. The van der Waals surface area contributed by atoms with Gasteiger partial charge in [-0.1, -0.05) is 12.1 Å². The molecular weight excluding hydrogens is 372 g/mol. The molecule has 5 rings (SSSR count). The van der Waals surface area contributed by atoms with Crippen molar-refractivity contribution < 1.29 is 24.0 Å². The molecule has 3 saturated heterocycles. The maximum absolute atomic E-state index is 13.1. The van der Waals surface area contributed by atoms with E-state index in [2.05, 4.69) is 0 Å². The number of carbonyl (C=O) groups excluding carboxylic acids is 1. The van der Waals surface area contributed by atoms with Crippen molar-refractivity contribution >= 4 is 28.6 Å². The Hall–Kier alpha value is -1.29. The van der Waals surface area contributed by atoms with E-state index in [9.17, 15) is 9.90 Å². The number of piperidine rings is 1. The van der Waals surface area contributed by atoms with Crippen LogP contribution in [0.4, 0.5) is 0 Å². The van der Waals surface area contributed by atoms with Gasteiger partial charge in [0.05, 0.1) is 16.8 Å². The van der Waals surface area contributed by atoms with E-state index in [0.717, 1.165) is 0 Å². The van der Waals surface area contributed by atoms with Crippen LogP contribution in [-0.4, -0.2) is 53.1 Å². The molecule has 0 spiro atoms. The Morgan fingerprint density at radius 3 is 2.23 bits per heavy atom. The number of hydrogen-bond donors (Lipinski definition) is 2. The molecule has 6 atom stereocenters. The predicted molar refractivity (Wildman–Crippen MR) is 97.4 cm³/mol. The maximum Gasteiger partial charge on any atom is 0.349 e. The highest BCUT2D eigenvalue weighted by atomic mass is 32.1. The zero-order valence-electron chi connectivity index (χ0n) is 14.3. The van der Waals surface area contributed by atoms with Crippen molar-refractivity contribution in [3.8, 4) is 0 Å². The minimum absolute atomic E-state index is 0.146. The van der Waals surface area contributed by atoms with Gasteiger partial charge in [-0.25, -0.2) is 9.39 Å². The van der Waals surface area contributed by atoms with Gasteiger partial charge in [0.2, 0.25) is 5.60 Å². The summed E-state index contributed by atoms with van der Waals surface area (Å²) in [5.41, 5.74) is -1.75. The van der Waals surface area contributed by atoms with Gasteiger partial charge in [0, 0.05) is 12.8 Å². The summed E-state index contributed by atoms with van der Waals surface area (Å²) < 4.78 is 12.0. The molecule has 0 amide bonds. The molecule has 0 aromatic carbocycles. The number of ether oxygens (including phenoxy) is 2. The lowest BCUT2D eigenvalue weighted by atomic mass is 9.96. The van der Waals surface area contributed by atoms with Gasteiger partial charge >= 0.3 is 5.97 Å². The Labute approximate surface area is 159 Å². The molecule has 0 radical (unpaired) electrons. The summed E-state index contributed by atoms with van der Waals surface area (Å²) in [6.07, 6.45) is 1.47. The summed E-state index contributed by atoms with van der Waals surface area (Å²) in [4.78, 5) is 14.2. The van der Waals surface area contributed by atoms with Crippen molar-refractivity contribution in [3.05, 3.63) is 44.8 Å². The first-order valence-corrected chi connectivity index (χ1v) is 10.5. The lowest BCUT2D eigenvalue weighted by Crippen LogP contribution is -2.66. The first-order valence-electron chi connectivity index (χ1n) is 8.73. The minimum atomic E-state index is -1.75. The van der Waals surface area contributed by atoms with Crippen LogP contribution in [0.2, 0.25) is 0 Å². The quantitative estimate of drug-likeness (QED) is 0.357. The molecule has 138 valence electrons. The van der Waals surface area contributed by atoms with E-state index in [1.54, 1.807) is 12.1 Å². The number of morpholine rings is 1. The molecule has 6 nitrogen and oxygen atoms in total. The van der Waals surface area contributed by atoms with Gasteiger partial charge in [0.15, 0.2) is 0 Å². The summed E-state index contributed by atoms with van der Waals surface area (Å²) in [5, 5.41) is 15.0. The van der Waals surface area contributed by atoms with Crippen molar-refractivity contribution in [1.82, 2.24) is 0 Å².